The van der Waals surface area contributed by atoms with E-state index in [0.29, 0.717) is 61.0 Å². The molecule has 2 aromatic carbocycles. The quantitative estimate of drug-likeness (QED) is 0.444. The number of hydrogen-bond acceptors (Lipinski definition) is 4. The van der Waals surface area contributed by atoms with Crippen LogP contribution in [0.4, 0.5) is 35.2 Å². The average molecular weight is 524 g/mol. The molecule has 198 valence electrons. The lowest BCUT2D eigenvalue weighted by molar-refractivity contribution is -0.137. The van der Waals surface area contributed by atoms with E-state index >= 15 is 0 Å². The normalized spacial score (nSPS) is 17.4. The molecule has 1 aromatic heterocycles. The van der Waals surface area contributed by atoms with Crippen molar-refractivity contribution in [1.29, 1.82) is 0 Å². The fourth-order valence-corrected chi connectivity index (χ4v) is 4.95. The van der Waals surface area contributed by atoms with Gasteiger partial charge in [0.05, 0.1) is 16.9 Å². The highest BCUT2D eigenvalue weighted by atomic mass is 19.4. The number of amides is 3. The summed E-state index contributed by atoms with van der Waals surface area (Å²) in [6, 6.07) is 15.6. The van der Waals surface area contributed by atoms with Crippen LogP contribution in [0.3, 0.4) is 0 Å². The molecule has 1 atom stereocenters. The van der Waals surface area contributed by atoms with Gasteiger partial charge in [-0.25, -0.2) is 9.78 Å². The molecule has 10 heteroatoms. The van der Waals surface area contributed by atoms with Crippen molar-refractivity contribution in [1.82, 2.24) is 9.88 Å². The van der Waals surface area contributed by atoms with Crippen molar-refractivity contribution in [2.75, 3.05) is 41.7 Å². The fourth-order valence-electron chi connectivity index (χ4n) is 4.95. The van der Waals surface area contributed by atoms with Crippen molar-refractivity contribution < 1.29 is 22.8 Å². The SMILES string of the molecule is CC(=O)N1CCC(c2cccc(NC(=O)N3CCCNc4ccc(-c5cccc(C(F)(F)F)c5)nc43)c2)C1. The molecule has 1 unspecified atom stereocenters. The Balaban J connectivity index is 1.39. The first-order chi connectivity index (χ1) is 18.2. The molecule has 3 heterocycles. The molecule has 2 aliphatic heterocycles. The first-order valence-corrected chi connectivity index (χ1v) is 12.6. The van der Waals surface area contributed by atoms with Gasteiger partial charge in [0.2, 0.25) is 5.91 Å². The first kappa shape index (κ1) is 25.6. The number of nitrogens with one attached hydrogen (secondary N) is 2. The van der Waals surface area contributed by atoms with Crippen LogP contribution >= 0.6 is 0 Å². The van der Waals surface area contributed by atoms with E-state index in [1.807, 2.05) is 29.2 Å². The maximum Gasteiger partial charge on any atom is 0.416 e. The Hall–Kier alpha value is -4.08. The number of benzene rings is 2. The van der Waals surface area contributed by atoms with Gasteiger partial charge in [-0.05, 0) is 54.8 Å². The molecule has 2 N–H and O–H groups in total. The standard InChI is InChI=1S/C28H28F3N5O2/c1-18(37)35-14-11-21(17-35)19-5-3-8-23(16-19)33-27(38)36-13-4-12-32-25-10-9-24(34-26(25)36)20-6-2-7-22(15-20)28(29,30)31/h2-3,5-10,15-16,21,32H,4,11-14,17H2,1H3,(H,33,38). The minimum Gasteiger partial charge on any atom is -0.382 e. The lowest BCUT2D eigenvalue weighted by atomic mass is 9.98. The van der Waals surface area contributed by atoms with Crippen molar-refractivity contribution in [2.24, 2.45) is 0 Å². The Morgan fingerprint density at radius 2 is 1.87 bits per heavy atom. The van der Waals surface area contributed by atoms with E-state index in [-0.39, 0.29) is 17.9 Å². The van der Waals surface area contributed by atoms with Gasteiger partial charge in [-0.3, -0.25) is 9.69 Å². The van der Waals surface area contributed by atoms with Crippen molar-refractivity contribution >= 4 is 29.1 Å². The summed E-state index contributed by atoms with van der Waals surface area (Å²) in [5.41, 5.74) is 2.21. The minimum atomic E-state index is -4.47. The molecule has 2 aliphatic rings. The second kappa shape index (κ2) is 10.4. The number of alkyl halides is 3. The number of aromatic nitrogens is 1. The number of fused-ring (bicyclic) bond motifs is 1. The van der Waals surface area contributed by atoms with Crippen LogP contribution in [0.1, 0.15) is 36.8 Å². The van der Waals surface area contributed by atoms with Crippen LogP contribution in [0.5, 0.6) is 0 Å². The van der Waals surface area contributed by atoms with Gasteiger partial charge in [-0.1, -0.05) is 24.3 Å². The summed E-state index contributed by atoms with van der Waals surface area (Å²) in [6.07, 6.45) is -2.93. The second-order valence-electron chi connectivity index (χ2n) is 9.58. The van der Waals surface area contributed by atoms with Crippen LogP contribution in [-0.2, 0) is 11.0 Å². The highest BCUT2D eigenvalue weighted by Crippen LogP contribution is 2.35. The van der Waals surface area contributed by atoms with Crippen LogP contribution in [-0.4, -0.2) is 48.0 Å². The summed E-state index contributed by atoms with van der Waals surface area (Å²) in [7, 11) is 0. The third-order valence-corrected chi connectivity index (χ3v) is 6.98. The number of urea groups is 1. The molecule has 7 nitrogen and oxygen atoms in total. The van der Waals surface area contributed by atoms with Crippen molar-refractivity contribution in [3.63, 3.8) is 0 Å². The summed E-state index contributed by atoms with van der Waals surface area (Å²) >= 11 is 0. The predicted octanol–water partition coefficient (Wildman–Crippen LogP) is 5.96. The van der Waals surface area contributed by atoms with Gasteiger partial charge in [-0.2, -0.15) is 13.2 Å². The number of hydrogen-bond donors (Lipinski definition) is 2. The Labute approximate surface area is 218 Å². The summed E-state index contributed by atoms with van der Waals surface area (Å²) in [5.74, 6) is 0.622. The molecule has 0 radical (unpaired) electrons. The molecule has 5 rings (SSSR count). The van der Waals surface area contributed by atoms with E-state index in [0.717, 1.165) is 24.1 Å². The van der Waals surface area contributed by atoms with Gasteiger partial charge >= 0.3 is 12.2 Å². The number of likely N-dealkylation sites (tertiary alicyclic amines) is 1. The van der Waals surface area contributed by atoms with Crippen molar-refractivity contribution in [3.05, 3.63) is 71.8 Å². The Bertz CT molecular complexity index is 1360. The zero-order valence-corrected chi connectivity index (χ0v) is 20.9. The number of carbonyl (C=O) groups is 2. The molecule has 0 spiro atoms. The van der Waals surface area contributed by atoms with Crippen molar-refractivity contribution in [3.8, 4) is 11.3 Å². The van der Waals surface area contributed by atoms with Gasteiger partial charge in [0.15, 0.2) is 5.82 Å². The molecule has 3 aromatic rings. The molecular weight excluding hydrogens is 495 g/mol. The zero-order valence-electron chi connectivity index (χ0n) is 20.9. The van der Waals surface area contributed by atoms with E-state index < -0.39 is 11.7 Å². The molecular formula is C28H28F3N5O2. The topological polar surface area (TPSA) is 77.6 Å². The molecule has 0 bridgehead atoms. The van der Waals surface area contributed by atoms with E-state index in [1.165, 1.54) is 11.0 Å². The van der Waals surface area contributed by atoms with E-state index in [1.54, 1.807) is 25.1 Å². The van der Waals surface area contributed by atoms with Crippen LogP contribution in [0.25, 0.3) is 11.3 Å². The van der Waals surface area contributed by atoms with Gasteiger partial charge in [-0.15, -0.1) is 0 Å². The molecule has 1 fully saturated rings. The van der Waals surface area contributed by atoms with Crippen molar-refractivity contribution in [2.45, 2.75) is 31.9 Å². The number of nitrogens with zero attached hydrogens (tertiary/aromatic N) is 3. The van der Waals surface area contributed by atoms with E-state index in [2.05, 4.69) is 15.6 Å². The largest absolute Gasteiger partial charge is 0.416 e. The van der Waals surface area contributed by atoms with Crippen LogP contribution in [0.15, 0.2) is 60.7 Å². The minimum absolute atomic E-state index is 0.0578. The number of anilines is 3. The van der Waals surface area contributed by atoms with Gasteiger partial charge in [0.25, 0.3) is 0 Å². The third-order valence-electron chi connectivity index (χ3n) is 6.98. The smallest absolute Gasteiger partial charge is 0.382 e. The number of pyridine rings is 1. The van der Waals surface area contributed by atoms with Gasteiger partial charge < -0.3 is 15.5 Å². The number of carbonyl (C=O) groups excluding carboxylic acids is 2. The number of rotatable bonds is 3. The zero-order chi connectivity index (χ0) is 26.9. The summed E-state index contributed by atoms with van der Waals surface area (Å²) in [5, 5.41) is 6.21. The monoisotopic (exact) mass is 523 g/mol. The molecule has 1 saturated heterocycles. The maximum atomic E-state index is 13.4. The van der Waals surface area contributed by atoms with E-state index in [9.17, 15) is 22.8 Å². The lowest BCUT2D eigenvalue weighted by Gasteiger charge is -2.23. The van der Waals surface area contributed by atoms with E-state index in [4.69, 9.17) is 0 Å². The average Bonchev–Trinajstić information content (AvgIpc) is 3.30. The maximum absolute atomic E-state index is 13.4. The van der Waals surface area contributed by atoms with Crippen LogP contribution < -0.4 is 15.5 Å². The highest BCUT2D eigenvalue weighted by Gasteiger charge is 2.31. The summed E-state index contributed by atoms with van der Waals surface area (Å²) in [6.45, 7) is 3.96. The van der Waals surface area contributed by atoms with Crippen LogP contribution in [0.2, 0.25) is 0 Å². The molecule has 3 amide bonds. The molecule has 38 heavy (non-hydrogen) atoms. The van der Waals surface area contributed by atoms with Crippen LogP contribution in [0, 0.1) is 0 Å². The molecule has 0 aliphatic carbocycles. The second-order valence-corrected chi connectivity index (χ2v) is 9.58. The fraction of sp³-hybridized carbons (Fsp3) is 0.321. The highest BCUT2D eigenvalue weighted by molar-refractivity contribution is 6.03. The number of halogens is 3. The van der Waals surface area contributed by atoms with Gasteiger partial charge in [0.1, 0.15) is 0 Å². The summed E-state index contributed by atoms with van der Waals surface area (Å²) in [4.78, 5) is 33.1. The molecule has 0 saturated carbocycles. The Morgan fingerprint density at radius 1 is 1.05 bits per heavy atom. The summed E-state index contributed by atoms with van der Waals surface area (Å²) < 4.78 is 39.8. The Kier molecular flexibility index (Phi) is 6.96. The lowest BCUT2D eigenvalue weighted by Crippen LogP contribution is -2.36. The first-order valence-electron chi connectivity index (χ1n) is 12.6. The predicted molar refractivity (Wildman–Crippen MR) is 140 cm³/mol. The Morgan fingerprint density at radius 3 is 2.63 bits per heavy atom. The van der Waals surface area contributed by atoms with Gasteiger partial charge in [0, 0.05) is 50.3 Å². The third kappa shape index (κ3) is 5.44.